The van der Waals surface area contributed by atoms with Gasteiger partial charge in [-0.1, -0.05) is 234 Å². The highest BCUT2D eigenvalue weighted by atomic mass is 15.1. The highest BCUT2D eigenvalue weighted by molar-refractivity contribution is 6.26. The molecule has 0 saturated carbocycles. The fraction of sp³-hybridized carbons (Fsp3) is 0.0959. The van der Waals surface area contributed by atoms with E-state index in [0.29, 0.717) is 0 Å². The first kappa shape index (κ1) is 41.8. The van der Waals surface area contributed by atoms with Crippen LogP contribution in [0.5, 0.6) is 0 Å². The van der Waals surface area contributed by atoms with Crippen LogP contribution in [0, 0.1) is 0 Å². The third kappa shape index (κ3) is 5.19. The molecule has 0 amide bonds. The zero-order valence-corrected chi connectivity index (χ0v) is 42.0. The quantitative estimate of drug-likeness (QED) is 0.159. The second kappa shape index (κ2) is 14.7. The van der Waals surface area contributed by atoms with Crippen LogP contribution >= 0.6 is 0 Å². The van der Waals surface area contributed by atoms with E-state index in [4.69, 9.17) is 0 Å². The molecular weight excluding hydrogens is 891 g/mol. The molecule has 0 N–H and O–H groups in total. The molecule has 1 nitrogen and oxygen atoms in total. The lowest BCUT2D eigenvalue weighted by molar-refractivity contribution is 0.660. The topological polar surface area (TPSA) is 3.24 Å². The molecule has 0 heterocycles. The average Bonchev–Trinajstić information content (AvgIpc) is 4.15. The van der Waals surface area contributed by atoms with Crippen molar-refractivity contribution in [2.24, 2.45) is 0 Å². The van der Waals surface area contributed by atoms with E-state index >= 15 is 0 Å². The van der Waals surface area contributed by atoms with Gasteiger partial charge in [0.05, 0.1) is 16.8 Å². The minimum Gasteiger partial charge on any atom is -0.309 e. The van der Waals surface area contributed by atoms with Gasteiger partial charge in [-0.25, -0.2) is 0 Å². The first-order valence-corrected chi connectivity index (χ1v) is 26.3. The van der Waals surface area contributed by atoms with Crippen LogP contribution in [0.25, 0.3) is 88.0 Å². The second-order valence-electron chi connectivity index (χ2n) is 22.2. The Morgan fingerprint density at radius 1 is 0.257 bits per heavy atom. The third-order valence-electron chi connectivity index (χ3n) is 18.0. The molecule has 1 heteroatoms. The monoisotopic (exact) mass is 941 g/mol. The Morgan fingerprint density at radius 2 is 0.676 bits per heavy atom. The molecule has 74 heavy (non-hydrogen) atoms. The lowest BCUT2D eigenvalue weighted by Crippen LogP contribution is -2.26. The van der Waals surface area contributed by atoms with Crippen LogP contribution in [0.15, 0.2) is 237 Å². The van der Waals surface area contributed by atoms with E-state index in [1.165, 1.54) is 138 Å². The number of hydrogen-bond donors (Lipinski definition) is 0. The van der Waals surface area contributed by atoms with Gasteiger partial charge in [0, 0.05) is 27.6 Å². The Bertz CT molecular complexity index is 4370. The van der Waals surface area contributed by atoms with Crippen molar-refractivity contribution in [1.29, 1.82) is 0 Å². The lowest BCUT2D eigenvalue weighted by Gasteiger charge is -2.35. The molecule has 348 valence electrons. The molecule has 12 aromatic rings. The SMILES string of the molecule is CC1(C)c2ccccc2-c2c(N(c3ccc4c5ccccc5c5ccccc5c4c3)c3cc4c(cc3-c3cccc5c3C(C)(C)c3ccccc3-5)-c3ccccc3C43c4ccccc4-c4ccccc43)cccc21. The minimum absolute atomic E-state index is 0.202. The van der Waals surface area contributed by atoms with Crippen molar-refractivity contribution < 1.29 is 0 Å². The van der Waals surface area contributed by atoms with Gasteiger partial charge >= 0.3 is 0 Å². The largest absolute Gasteiger partial charge is 0.309 e. The van der Waals surface area contributed by atoms with E-state index in [-0.39, 0.29) is 10.8 Å². The summed E-state index contributed by atoms with van der Waals surface area (Å²) in [7, 11) is 0. The van der Waals surface area contributed by atoms with Gasteiger partial charge in [0.25, 0.3) is 0 Å². The molecule has 1 spiro atoms. The van der Waals surface area contributed by atoms with E-state index in [2.05, 4.69) is 269 Å². The van der Waals surface area contributed by atoms with E-state index in [9.17, 15) is 0 Å². The van der Waals surface area contributed by atoms with Gasteiger partial charge in [0.1, 0.15) is 0 Å². The Hall–Kier alpha value is -8.78. The highest BCUT2D eigenvalue weighted by Crippen LogP contribution is 2.66. The number of nitrogens with zero attached hydrogens (tertiary/aromatic N) is 1. The Morgan fingerprint density at radius 3 is 1.27 bits per heavy atom. The molecular formula is C73H51N. The molecule has 12 aromatic carbocycles. The lowest BCUT2D eigenvalue weighted by atomic mass is 9.70. The summed E-state index contributed by atoms with van der Waals surface area (Å²) in [6.07, 6.45) is 0. The number of hydrogen-bond acceptors (Lipinski definition) is 1. The summed E-state index contributed by atoms with van der Waals surface area (Å²) in [6, 6.07) is 90.6. The van der Waals surface area contributed by atoms with E-state index in [1.54, 1.807) is 0 Å². The van der Waals surface area contributed by atoms with Gasteiger partial charge in [-0.15, -0.1) is 0 Å². The summed E-state index contributed by atoms with van der Waals surface area (Å²) in [5.41, 5.74) is 26.2. The first-order chi connectivity index (χ1) is 36.3. The van der Waals surface area contributed by atoms with Crippen molar-refractivity contribution >= 4 is 49.4 Å². The van der Waals surface area contributed by atoms with Crippen molar-refractivity contribution in [1.82, 2.24) is 0 Å². The van der Waals surface area contributed by atoms with Crippen molar-refractivity contribution in [3.05, 3.63) is 281 Å². The predicted octanol–water partition coefficient (Wildman–Crippen LogP) is 19.2. The molecule has 0 aromatic heterocycles. The van der Waals surface area contributed by atoms with Gasteiger partial charge in [-0.2, -0.15) is 0 Å². The van der Waals surface area contributed by atoms with Gasteiger partial charge in [0.15, 0.2) is 0 Å². The molecule has 4 aliphatic rings. The van der Waals surface area contributed by atoms with Crippen LogP contribution in [0.4, 0.5) is 17.1 Å². The molecule has 0 fully saturated rings. The standard InChI is InChI=1S/C73H51N/c1-71(2)61-33-15-13-29-56(61)69-65(71)37-20-38-67(69)74(44-39-40-49-47-23-6-5-21-45(47)46-22-7-8-24-48(46)57(49)41-44)68-43-66-58(42-59(68)55-31-19-30-54-52-27-9-14-32-60(52)72(3,4)70(54)55)53-28-12-18-36-64(53)73(66)62-34-16-10-25-50(62)51-26-11-17-35-63(51)73/h5-43H,1-4H3. The van der Waals surface area contributed by atoms with Crippen LogP contribution in [0.2, 0.25) is 0 Å². The fourth-order valence-corrected chi connectivity index (χ4v) is 15.0. The van der Waals surface area contributed by atoms with E-state index in [0.717, 1.165) is 11.4 Å². The number of fused-ring (bicyclic) bond motifs is 22. The van der Waals surface area contributed by atoms with Gasteiger partial charge < -0.3 is 4.90 Å². The molecule has 0 saturated heterocycles. The van der Waals surface area contributed by atoms with E-state index in [1.807, 2.05) is 0 Å². The summed E-state index contributed by atoms with van der Waals surface area (Å²) in [6.45, 7) is 9.68. The van der Waals surface area contributed by atoms with E-state index < -0.39 is 5.41 Å². The zero-order valence-electron chi connectivity index (χ0n) is 42.0. The Labute approximate surface area is 432 Å². The maximum Gasteiger partial charge on any atom is 0.0726 e. The maximum absolute atomic E-state index is 2.67. The number of rotatable bonds is 4. The summed E-state index contributed by atoms with van der Waals surface area (Å²) < 4.78 is 0. The first-order valence-electron chi connectivity index (χ1n) is 26.3. The van der Waals surface area contributed by atoms with Crippen LogP contribution in [-0.4, -0.2) is 0 Å². The Kier molecular flexibility index (Phi) is 8.29. The molecule has 0 radical (unpaired) electrons. The molecule has 0 unspecified atom stereocenters. The van der Waals surface area contributed by atoms with Crippen molar-refractivity contribution in [3.8, 4) is 55.6 Å². The summed E-state index contributed by atoms with van der Waals surface area (Å²) >= 11 is 0. The second-order valence-corrected chi connectivity index (χ2v) is 22.2. The zero-order chi connectivity index (χ0) is 49.2. The van der Waals surface area contributed by atoms with Crippen molar-refractivity contribution in [3.63, 3.8) is 0 Å². The Balaban J connectivity index is 1.09. The summed E-state index contributed by atoms with van der Waals surface area (Å²) in [5, 5.41) is 7.59. The van der Waals surface area contributed by atoms with Crippen molar-refractivity contribution in [2.45, 2.75) is 43.9 Å². The maximum atomic E-state index is 2.67. The molecule has 0 bridgehead atoms. The van der Waals surface area contributed by atoms with Gasteiger partial charge in [-0.3, -0.25) is 0 Å². The van der Waals surface area contributed by atoms with Crippen molar-refractivity contribution in [2.75, 3.05) is 4.90 Å². The van der Waals surface area contributed by atoms with Crippen LogP contribution in [0.1, 0.15) is 72.2 Å². The summed E-state index contributed by atoms with van der Waals surface area (Å²) in [5.74, 6) is 0. The normalized spacial score (nSPS) is 15.1. The number of benzene rings is 12. The third-order valence-corrected chi connectivity index (χ3v) is 18.0. The van der Waals surface area contributed by atoms with Gasteiger partial charge in [0.2, 0.25) is 0 Å². The average molecular weight is 942 g/mol. The molecule has 16 rings (SSSR count). The minimum atomic E-state index is -0.544. The molecule has 0 atom stereocenters. The van der Waals surface area contributed by atoms with Crippen LogP contribution in [0.3, 0.4) is 0 Å². The predicted molar refractivity (Wildman–Crippen MR) is 311 cm³/mol. The fourth-order valence-electron chi connectivity index (χ4n) is 15.0. The summed E-state index contributed by atoms with van der Waals surface area (Å²) in [4.78, 5) is 2.67. The highest BCUT2D eigenvalue weighted by Gasteiger charge is 2.52. The van der Waals surface area contributed by atoms with Crippen LogP contribution < -0.4 is 4.90 Å². The molecule has 0 aliphatic heterocycles. The number of anilines is 3. The smallest absolute Gasteiger partial charge is 0.0726 e. The molecule has 4 aliphatic carbocycles. The van der Waals surface area contributed by atoms with Gasteiger partial charge in [-0.05, 0) is 152 Å². The van der Waals surface area contributed by atoms with Crippen LogP contribution in [-0.2, 0) is 16.2 Å².